The van der Waals surface area contributed by atoms with Crippen LogP contribution in [0.15, 0.2) is 24.3 Å². The number of hydrogen-bond donors (Lipinski definition) is 2. The maximum Gasteiger partial charge on any atom is 0.170 e. The molecule has 0 spiro atoms. The molecule has 0 bridgehead atoms. The standard InChI is InChI=1S/C17H25N3OS/c1-12(2)20-9-7-15(8-10-20)18-17(22)19-16-6-4-5-14(11-16)13(3)21/h4-6,11-12,15H,7-10H2,1-3H3,(H2,18,19,22). The van der Waals surface area contributed by atoms with Crippen LogP contribution < -0.4 is 10.6 Å². The summed E-state index contributed by atoms with van der Waals surface area (Å²) in [7, 11) is 0. The van der Waals surface area contributed by atoms with Gasteiger partial charge in [0.15, 0.2) is 10.9 Å². The van der Waals surface area contributed by atoms with E-state index in [1.165, 1.54) is 0 Å². The molecule has 0 atom stereocenters. The average molecular weight is 319 g/mol. The predicted octanol–water partition coefficient (Wildman–Crippen LogP) is 3.05. The summed E-state index contributed by atoms with van der Waals surface area (Å²) in [5, 5.41) is 7.19. The largest absolute Gasteiger partial charge is 0.360 e. The molecule has 1 fully saturated rings. The van der Waals surface area contributed by atoms with Crippen LogP contribution in [0.2, 0.25) is 0 Å². The highest BCUT2D eigenvalue weighted by Crippen LogP contribution is 2.14. The molecule has 0 unspecified atom stereocenters. The summed E-state index contributed by atoms with van der Waals surface area (Å²) in [5.74, 6) is 0.0589. The minimum atomic E-state index is 0.0589. The van der Waals surface area contributed by atoms with Crippen molar-refractivity contribution < 1.29 is 4.79 Å². The number of thiocarbonyl (C=S) groups is 1. The fourth-order valence-corrected chi connectivity index (χ4v) is 3.01. The maximum atomic E-state index is 11.4. The number of Topliss-reactive ketones (excluding diaryl/α,β-unsaturated/α-hetero) is 1. The van der Waals surface area contributed by atoms with Gasteiger partial charge in [0.1, 0.15) is 0 Å². The van der Waals surface area contributed by atoms with Crippen molar-refractivity contribution in [2.24, 2.45) is 0 Å². The zero-order valence-corrected chi connectivity index (χ0v) is 14.4. The summed E-state index contributed by atoms with van der Waals surface area (Å²) >= 11 is 5.39. The Morgan fingerprint density at radius 3 is 2.59 bits per heavy atom. The molecule has 0 aliphatic carbocycles. The number of anilines is 1. The number of carbonyl (C=O) groups excluding carboxylic acids is 1. The first kappa shape index (κ1) is 16.9. The predicted molar refractivity (Wildman–Crippen MR) is 95.5 cm³/mol. The molecular weight excluding hydrogens is 294 g/mol. The van der Waals surface area contributed by atoms with E-state index in [0.29, 0.717) is 22.8 Å². The number of nitrogens with one attached hydrogen (secondary N) is 2. The highest BCUT2D eigenvalue weighted by Gasteiger charge is 2.21. The molecule has 1 heterocycles. The third-order valence-electron chi connectivity index (χ3n) is 4.12. The second-order valence-corrected chi connectivity index (χ2v) is 6.55. The van der Waals surface area contributed by atoms with Gasteiger partial charge in [-0.2, -0.15) is 0 Å². The summed E-state index contributed by atoms with van der Waals surface area (Å²) in [6, 6.07) is 8.46. The molecule has 1 aliphatic rings. The van der Waals surface area contributed by atoms with Crippen LogP contribution in [0.25, 0.3) is 0 Å². The lowest BCUT2D eigenvalue weighted by molar-refractivity contribution is 0.101. The van der Waals surface area contributed by atoms with E-state index in [9.17, 15) is 4.79 Å². The maximum absolute atomic E-state index is 11.4. The quantitative estimate of drug-likeness (QED) is 0.660. The van der Waals surface area contributed by atoms with Crippen LogP contribution in [-0.4, -0.2) is 41.0 Å². The van der Waals surface area contributed by atoms with E-state index in [0.717, 1.165) is 31.6 Å². The number of hydrogen-bond acceptors (Lipinski definition) is 3. The van der Waals surface area contributed by atoms with E-state index in [4.69, 9.17) is 12.2 Å². The molecule has 0 amide bonds. The summed E-state index contributed by atoms with van der Waals surface area (Å²) in [6.45, 7) is 8.26. The molecule has 0 radical (unpaired) electrons. The number of likely N-dealkylation sites (tertiary alicyclic amines) is 1. The van der Waals surface area contributed by atoms with Gasteiger partial charge in [-0.3, -0.25) is 4.79 Å². The average Bonchev–Trinajstić information content (AvgIpc) is 2.47. The summed E-state index contributed by atoms with van der Waals surface area (Å²) in [6.07, 6.45) is 2.21. The van der Waals surface area contributed by atoms with Crippen molar-refractivity contribution in [2.45, 2.75) is 45.7 Å². The van der Waals surface area contributed by atoms with E-state index in [2.05, 4.69) is 29.4 Å². The van der Waals surface area contributed by atoms with Crippen molar-refractivity contribution in [1.82, 2.24) is 10.2 Å². The molecule has 0 saturated carbocycles. The van der Waals surface area contributed by atoms with Crippen molar-refractivity contribution >= 4 is 28.8 Å². The Morgan fingerprint density at radius 2 is 2.00 bits per heavy atom. The van der Waals surface area contributed by atoms with E-state index in [-0.39, 0.29) is 5.78 Å². The van der Waals surface area contributed by atoms with Crippen molar-refractivity contribution in [3.05, 3.63) is 29.8 Å². The van der Waals surface area contributed by atoms with E-state index in [1.807, 2.05) is 24.3 Å². The van der Waals surface area contributed by atoms with Crippen LogP contribution in [-0.2, 0) is 0 Å². The van der Waals surface area contributed by atoms with Crippen LogP contribution in [0, 0.1) is 0 Å². The van der Waals surface area contributed by atoms with Crippen LogP contribution in [0.1, 0.15) is 44.0 Å². The van der Waals surface area contributed by atoms with Crippen LogP contribution >= 0.6 is 12.2 Å². The van der Waals surface area contributed by atoms with Crippen LogP contribution in [0.5, 0.6) is 0 Å². The second-order valence-electron chi connectivity index (χ2n) is 6.14. The summed E-state index contributed by atoms with van der Waals surface area (Å²) < 4.78 is 0. The Balaban J connectivity index is 1.84. The SMILES string of the molecule is CC(=O)c1cccc(NC(=S)NC2CCN(C(C)C)CC2)c1. The lowest BCUT2D eigenvalue weighted by atomic mass is 10.0. The molecule has 120 valence electrons. The van der Waals surface area contributed by atoms with Gasteiger partial charge >= 0.3 is 0 Å². The zero-order chi connectivity index (χ0) is 16.1. The fraction of sp³-hybridized carbons (Fsp3) is 0.529. The molecule has 1 saturated heterocycles. The minimum absolute atomic E-state index is 0.0589. The minimum Gasteiger partial charge on any atom is -0.360 e. The first-order valence-corrected chi connectivity index (χ1v) is 8.29. The lowest BCUT2D eigenvalue weighted by Gasteiger charge is -2.35. The summed E-state index contributed by atoms with van der Waals surface area (Å²) in [4.78, 5) is 13.9. The van der Waals surface area contributed by atoms with Crippen molar-refractivity contribution in [2.75, 3.05) is 18.4 Å². The van der Waals surface area contributed by atoms with Gasteiger partial charge < -0.3 is 15.5 Å². The number of nitrogens with zero attached hydrogens (tertiary/aromatic N) is 1. The summed E-state index contributed by atoms with van der Waals surface area (Å²) in [5.41, 5.74) is 1.54. The molecule has 2 N–H and O–H groups in total. The van der Waals surface area contributed by atoms with Crippen molar-refractivity contribution in [1.29, 1.82) is 0 Å². The normalized spacial score (nSPS) is 16.5. The van der Waals surface area contributed by atoms with E-state index in [1.54, 1.807) is 6.92 Å². The Morgan fingerprint density at radius 1 is 1.32 bits per heavy atom. The number of ketones is 1. The number of piperidine rings is 1. The van der Waals surface area contributed by atoms with Crippen LogP contribution in [0.4, 0.5) is 5.69 Å². The van der Waals surface area contributed by atoms with Crippen molar-refractivity contribution in [3.63, 3.8) is 0 Å². The molecule has 0 aromatic heterocycles. The number of rotatable bonds is 4. The second kappa shape index (κ2) is 7.70. The smallest absolute Gasteiger partial charge is 0.170 e. The Hall–Kier alpha value is -1.46. The Kier molecular flexibility index (Phi) is 5.91. The van der Waals surface area contributed by atoms with Gasteiger partial charge in [0.05, 0.1) is 0 Å². The lowest BCUT2D eigenvalue weighted by Crippen LogP contribution is -2.47. The molecule has 2 rings (SSSR count). The van der Waals surface area contributed by atoms with Gasteiger partial charge in [-0.15, -0.1) is 0 Å². The third-order valence-corrected chi connectivity index (χ3v) is 4.34. The van der Waals surface area contributed by atoms with Crippen molar-refractivity contribution in [3.8, 4) is 0 Å². The van der Waals surface area contributed by atoms with E-state index >= 15 is 0 Å². The monoisotopic (exact) mass is 319 g/mol. The molecule has 4 nitrogen and oxygen atoms in total. The molecule has 5 heteroatoms. The van der Waals surface area contributed by atoms with Crippen LogP contribution in [0.3, 0.4) is 0 Å². The Bertz CT molecular complexity index is 536. The Labute approximate surface area is 138 Å². The van der Waals surface area contributed by atoms with Gasteiger partial charge in [-0.25, -0.2) is 0 Å². The topological polar surface area (TPSA) is 44.4 Å². The first-order valence-electron chi connectivity index (χ1n) is 7.88. The zero-order valence-electron chi connectivity index (χ0n) is 13.6. The highest BCUT2D eigenvalue weighted by molar-refractivity contribution is 7.80. The molecule has 1 aromatic carbocycles. The van der Waals surface area contributed by atoms with Gasteiger partial charge in [-0.1, -0.05) is 12.1 Å². The van der Waals surface area contributed by atoms with Gasteiger partial charge in [-0.05, 0) is 58.0 Å². The molecular formula is C17H25N3OS. The molecule has 1 aliphatic heterocycles. The first-order chi connectivity index (χ1) is 10.5. The van der Waals surface area contributed by atoms with Gasteiger partial charge in [0.25, 0.3) is 0 Å². The number of carbonyl (C=O) groups is 1. The fourth-order valence-electron chi connectivity index (χ4n) is 2.73. The third kappa shape index (κ3) is 4.78. The van der Waals surface area contributed by atoms with Gasteiger partial charge in [0, 0.05) is 36.4 Å². The molecule has 1 aromatic rings. The van der Waals surface area contributed by atoms with E-state index < -0.39 is 0 Å². The number of benzene rings is 1. The molecule has 22 heavy (non-hydrogen) atoms. The van der Waals surface area contributed by atoms with Gasteiger partial charge in [0.2, 0.25) is 0 Å². The highest BCUT2D eigenvalue weighted by atomic mass is 32.1.